The van der Waals surface area contributed by atoms with Gasteiger partial charge in [0, 0.05) is 24.4 Å². The number of aromatic nitrogens is 1. The summed E-state index contributed by atoms with van der Waals surface area (Å²) in [7, 11) is 0. The lowest BCUT2D eigenvalue weighted by Gasteiger charge is -2.08. The van der Waals surface area contributed by atoms with E-state index in [1.807, 2.05) is 6.07 Å². The van der Waals surface area contributed by atoms with E-state index in [-0.39, 0.29) is 6.54 Å². The smallest absolute Gasteiger partial charge is 0.131 e. The molecule has 0 saturated carbocycles. The van der Waals surface area contributed by atoms with Gasteiger partial charge in [0.15, 0.2) is 0 Å². The molecule has 3 nitrogen and oxygen atoms in total. The Bertz CT molecular complexity index is 605. The van der Waals surface area contributed by atoms with Gasteiger partial charge in [-0.2, -0.15) is 5.26 Å². The van der Waals surface area contributed by atoms with Crippen molar-refractivity contribution >= 4 is 5.69 Å². The molecule has 0 aliphatic carbocycles. The van der Waals surface area contributed by atoms with Crippen LogP contribution in [0.15, 0.2) is 36.7 Å². The molecule has 0 saturated heterocycles. The molecule has 0 fully saturated rings. The molecule has 5 heteroatoms. The Hall–Kier alpha value is -2.48. The third-order valence-corrected chi connectivity index (χ3v) is 2.43. The molecule has 2 aromatic rings. The summed E-state index contributed by atoms with van der Waals surface area (Å²) in [5.74, 6) is -1.24. The third-order valence-electron chi connectivity index (χ3n) is 2.43. The van der Waals surface area contributed by atoms with Crippen LogP contribution in [0.2, 0.25) is 0 Å². The van der Waals surface area contributed by atoms with Crippen molar-refractivity contribution in [2.24, 2.45) is 0 Å². The van der Waals surface area contributed by atoms with Crippen LogP contribution in [0.3, 0.4) is 0 Å². The van der Waals surface area contributed by atoms with Crippen molar-refractivity contribution < 1.29 is 8.78 Å². The molecule has 0 aliphatic heterocycles. The quantitative estimate of drug-likeness (QED) is 0.904. The molecule has 0 unspecified atom stereocenters. The number of anilines is 1. The number of hydrogen-bond acceptors (Lipinski definition) is 3. The third kappa shape index (κ3) is 2.61. The number of nitriles is 1. The molecule has 1 aromatic heterocycles. The predicted octanol–water partition coefficient (Wildman–Crippen LogP) is 2.84. The largest absolute Gasteiger partial charge is 0.379 e. The normalized spacial score (nSPS) is 9.83. The first-order valence-corrected chi connectivity index (χ1v) is 5.22. The van der Waals surface area contributed by atoms with Crippen molar-refractivity contribution in [3.05, 3.63) is 59.4 Å². The van der Waals surface area contributed by atoms with E-state index >= 15 is 0 Å². The molecule has 2 rings (SSSR count). The summed E-state index contributed by atoms with van der Waals surface area (Å²) in [6.07, 6.45) is 2.99. The summed E-state index contributed by atoms with van der Waals surface area (Å²) in [6, 6.07) is 6.93. The van der Waals surface area contributed by atoms with Crippen molar-refractivity contribution in [3.8, 4) is 6.07 Å². The Morgan fingerprint density at radius 2 is 2.11 bits per heavy atom. The highest BCUT2D eigenvalue weighted by molar-refractivity contribution is 5.55. The standard InChI is InChI=1S/C13H9F2N3/c14-11-2-1-10(12(15)5-11)7-18-13-8-17-4-3-9(13)6-16/h1-5,8,18H,7H2. The summed E-state index contributed by atoms with van der Waals surface area (Å²) in [4.78, 5) is 3.87. The van der Waals surface area contributed by atoms with E-state index < -0.39 is 11.6 Å². The van der Waals surface area contributed by atoms with Gasteiger partial charge in [-0.3, -0.25) is 4.98 Å². The fourth-order valence-corrected chi connectivity index (χ4v) is 1.49. The second-order valence-electron chi connectivity index (χ2n) is 3.62. The minimum atomic E-state index is -0.620. The molecule has 18 heavy (non-hydrogen) atoms. The highest BCUT2D eigenvalue weighted by Crippen LogP contribution is 2.15. The molecule has 0 bridgehead atoms. The lowest BCUT2D eigenvalue weighted by molar-refractivity contribution is 0.574. The van der Waals surface area contributed by atoms with Crippen LogP contribution in [0.25, 0.3) is 0 Å². The molecule has 0 aliphatic rings. The Kier molecular flexibility index (Phi) is 3.49. The maximum atomic E-state index is 13.4. The van der Waals surface area contributed by atoms with Gasteiger partial charge in [-0.05, 0) is 12.1 Å². The maximum Gasteiger partial charge on any atom is 0.131 e. The Morgan fingerprint density at radius 3 is 2.83 bits per heavy atom. The first-order chi connectivity index (χ1) is 8.70. The van der Waals surface area contributed by atoms with Crippen LogP contribution in [0.5, 0.6) is 0 Å². The zero-order chi connectivity index (χ0) is 13.0. The van der Waals surface area contributed by atoms with E-state index in [1.165, 1.54) is 24.5 Å². The van der Waals surface area contributed by atoms with E-state index in [0.29, 0.717) is 16.8 Å². The molecule has 0 radical (unpaired) electrons. The molecular formula is C13H9F2N3. The van der Waals surface area contributed by atoms with Crippen LogP contribution < -0.4 is 5.32 Å². The van der Waals surface area contributed by atoms with Crippen LogP contribution in [-0.2, 0) is 6.54 Å². The van der Waals surface area contributed by atoms with Gasteiger partial charge >= 0.3 is 0 Å². The van der Waals surface area contributed by atoms with Gasteiger partial charge < -0.3 is 5.32 Å². The van der Waals surface area contributed by atoms with E-state index in [4.69, 9.17) is 5.26 Å². The van der Waals surface area contributed by atoms with Crippen molar-refractivity contribution in [3.63, 3.8) is 0 Å². The van der Waals surface area contributed by atoms with Gasteiger partial charge in [0.1, 0.15) is 17.7 Å². The molecule has 0 atom stereocenters. The van der Waals surface area contributed by atoms with Gasteiger partial charge in [0.25, 0.3) is 0 Å². The van der Waals surface area contributed by atoms with Gasteiger partial charge in [0.05, 0.1) is 17.4 Å². The van der Waals surface area contributed by atoms with Crippen LogP contribution in [0.4, 0.5) is 14.5 Å². The number of nitrogens with zero attached hydrogens (tertiary/aromatic N) is 2. The Balaban J connectivity index is 2.14. The van der Waals surface area contributed by atoms with Crippen LogP contribution in [-0.4, -0.2) is 4.98 Å². The summed E-state index contributed by atoms with van der Waals surface area (Å²) < 4.78 is 26.1. The Morgan fingerprint density at radius 1 is 1.28 bits per heavy atom. The SMILES string of the molecule is N#Cc1ccncc1NCc1ccc(F)cc1F. The predicted molar refractivity (Wildman–Crippen MR) is 62.6 cm³/mol. The zero-order valence-electron chi connectivity index (χ0n) is 9.32. The van der Waals surface area contributed by atoms with Crippen molar-refractivity contribution in [2.45, 2.75) is 6.54 Å². The summed E-state index contributed by atoms with van der Waals surface area (Å²) >= 11 is 0. The second kappa shape index (κ2) is 5.23. The first kappa shape index (κ1) is 12.0. The molecule has 90 valence electrons. The highest BCUT2D eigenvalue weighted by Gasteiger charge is 2.05. The fourth-order valence-electron chi connectivity index (χ4n) is 1.49. The van der Waals surface area contributed by atoms with Gasteiger partial charge in [0.2, 0.25) is 0 Å². The summed E-state index contributed by atoms with van der Waals surface area (Å²) in [5, 5.41) is 11.8. The number of rotatable bonds is 3. The van der Waals surface area contributed by atoms with E-state index in [0.717, 1.165) is 6.07 Å². The number of nitrogens with one attached hydrogen (secondary N) is 1. The molecule has 1 N–H and O–H groups in total. The zero-order valence-corrected chi connectivity index (χ0v) is 9.32. The van der Waals surface area contributed by atoms with Crippen LogP contribution >= 0.6 is 0 Å². The Labute approximate surface area is 103 Å². The summed E-state index contributed by atoms with van der Waals surface area (Å²) in [5.41, 5.74) is 1.26. The average molecular weight is 245 g/mol. The van der Waals surface area contributed by atoms with Crippen molar-refractivity contribution in [1.29, 1.82) is 5.26 Å². The molecule has 0 spiro atoms. The fraction of sp³-hybridized carbons (Fsp3) is 0.0769. The molecule has 1 heterocycles. The van der Waals surface area contributed by atoms with Gasteiger partial charge in [-0.25, -0.2) is 8.78 Å². The molecule has 0 amide bonds. The number of hydrogen-bond donors (Lipinski definition) is 1. The molecule has 1 aromatic carbocycles. The van der Waals surface area contributed by atoms with Crippen LogP contribution in [0, 0.1) is 23.0 Å². The first-order valence-electron chi connectivity index (χ1n) is 5.22. The summed E-state index contributed by atoms with van der Waals surface area (Å²) in [6.45, 7) is 0.159. The van der Waals surface area contributed by atoms with Gasteiger partial charge in [-0.15, -0.1) is 0 Å². The van der Waals surface area contributed by atoms with Gasteiger partial charge in [-0.1, -0.05) is 6.07 Å². The second-order valence-corrected chi connectivity index (χ2v) is 3.62. The number of benzene rings is 1. The number of halogens is 2. The van der Waals surface area contributed by atoms with Crippen molar-refractivity contribution in [2.75, 3.05) is 5.32 Å². The number of pyridine rings is 1. The van der Waals surface area contributed by atoms with E-state index in [9.17, 15) is 8.78 Å². The average Bonchev–Trinajstić information content (AvgIpc) is 2.38. The highest BCUT2D eigenvalue weighted by atomic mass is 19.1. The lowest BCUT2D eigenvalue weighted by Crippen LogP contribution is -2.04. The van der Waals surface area contributed by atoms with E-state index in [2.05, 4.69) is 10.3 Å². The van der Waals surface area contributed by atoms with Crippen molar-refractivity contribution in [1.82, 2.24) is 4.98 Å². The lowest BCUT2D eigenvalue weighted by atomic mass is 10.2. The minimum Gasteiger partial charge on any atom is -0.379 e. The minimum absolute atomic E-state index is 0.159. The van der Waals surface area contributed by atoms with E-state index in [1.54, 1.807) is 6.07 Å². The molecular weight excluding hydrogens is 236 g/mol. The topological polar surface area (TPSA) is 48.7 Å². The monoisotopic (exact) mass is 245 g/mol. The maximum absolute atomic E-state index is 13.4. The van der Waals surface area contributed by atoms with Crippen LogP contribution in [0.1, 0.15) is 11.1 Å².